The van der Waals surface area contributed by atoms with Crippen molar-refractivity contribution in [2.45, 2.75) is 161 Å². The largest absolute Gasteiger partial charge is 1.00 e. The fourth-order valence-electron chi connectivity index (χ4n) is 5.66. The summed E-state index contributed by atoms with van der Waals surface area (Å²) >= 11 is 0. The number of hydrogen-bond acceptors (Lipinski definition) is 2. The highest BCUT2D eigenvalue weighted by molar-refractivity contribution is 5.08. The lowest BCUT2D eigenvalue weighted by atomic mass is 10.0. The molecule has 0 fully saturated rings. The van der Waals surface area contributed by atoms with E-state index in [2.05, 4.69) is 40.1 Å². The van der Waals surface area contributed by atoms with Crippen LogP contribution in [-0.2, 0) is 19.4 Å². The number of hydrogen-bond donors (Lipinski definition) is 1. The summed E-state index contributed by atoms with van der Waals surface area (Å²) in [5, 5.41) is 8.82. The van der Waals surface area contributed by atoms with Crippen LogP contribution in [0.3, 0.4) is 0 Å². The molecule has 0 radical (unpaired) electrons. The van der Waals surface area contributed by atoms with Gasteiger partial charge in [-0.05, 0) is 56.2 Å². The van der Waals surface area contributed by atoms with Gasteiger partial charge in [-0.3, -0.25) is 4.98 Å². The second-order valence-electron chi connectivity index (χ2n) is 11.8. The van der Waals surface area contributed by atoms with E-state index in [4.69, 9.17) is 5.11 Å². The van der Waals surface area contributed by atoms with Crippen molar-refractivity contribution in [1.29, 1.82) is 0 Å². The Balaban J connectivity index is 0.00000800. The highest BCUT2D eigenvalue weighted by Gasteiger charge is 2.03. The van der Waals surface area contributed by atoms with Crippen molar-refractivity contribution in [1.82, 2.24) is 4.98 Å². The molecule has 4 heteroatoms. The van der Waals surface area contributed by atoms with Gasteiger partial charge in [-0.2, -0.15) is 0 Å². The topological polar surface area (TPSA) is 37.0 Å². The first-order chi connectivity index (χ1) is 19.4. The van der Waals surface area contributed by atoms with E-state index in [0.29, 0.717) is 6.61 Å². The first-order valence-electron chi connectivity index (χ1n) is 16.9. The molecule has 0 unspecified atom stereocenters. The van der Waals surface area contributed by atoms with Gasteiger partial charge in [0.15, 0.2) is 12.4 Å². The molecule has 0 bridgehead atoms. The number of aromatic nitrogens is 2. The minimum absolute atomic E-state index is 0. The number of halogens is 1. The van der Waals surface area contributed by atoms with Gasteiger partial charge in [-0.25, -0.2) is 4.57 Å². The van der Waals surface area contributed by atoms with Gasteiger partial charge in [-0.15, -0.1) is 0 Å². The number of aliphatic hydroxyl groups is 1. The molecular weight excluding hydrogens is 603 g/mol. The lowest BCUT2D eigenvalue weighted by Gasteiger charge is -2.04. The number of unbranched alkanes of at least 4 members (excludes halogenated alkanes) is 20. The van der Waals surface area contributed by atoms with Crippen molar-refractivity contribution in [2.75, 3.05) is 6.61 Å². The van der Waals surface area contributed by atoms with Crippen LogP contribution >= 0.6 is 0 Å². The van der Waals surface area contributed by atoms with Crippen LogP contribution in [0.4, 0.5) is 0 Å². The van der Waals surface area contributed by atoms with Crippen LogP contribution in [0.15, 0.2) is 49.1 Å². The van der Waals surface area contributed by atoms with E-state index in [1.54, 1.807) is 0 Å². The molecule has 0 aliphatic carbocycles. The van der Waals surface area contributed by atoms with Crippen molar-refractivity contribution in [3.05, 3.63) is 60.2 Å². The van der Waals surface area contributed by atoms with Gasteiger partial charge in [0.2, 0.25) is 0 Å². The zero-order valence-electron chi connectivity index (χ0n) is 25.7. The maximum Gasteiger partial charge on any atom is 0.171 e. The van der Waals surface area contributed by atoms with Crippen LogP contribution in [0.2, 0.25) is 0 Å². The summed E-state index contributed by atoms with van der Waals surface area (Å²) in [5.41, 5.74) is 2.89. The van der Waals surface area contributed by atoms with Gasteiger partial charge >= 0.3 is 0 Å². The molecule has 3 nitrogen and oxygen atoms in total. The van der Waals surface area contributed by atoms with Crippen LogP contribution in [0, 0.1) is 0 Å². The number of pyridine rings is 2. The van der Waals surface area contributed by atoms with Gasteiger partial charge < -0.3 is 29.1 Å². The lowest BCUT2D eigenvalue weighted by molar-refractivity contribution is -0.697. The molecule has 0 atom stereocenters. The predicted octanol–water partition coefficient (Wildman–Crippen LogP) is 6.73. The molecule has 2 aromatic rings. The third-order valence-corrected chi connectivity index (χ3v) is 8.15. The van der Waals surface area contributed by atoms with E-state index < -0.39 is 0 Å². The summed E-state index contributed by atoms with van der Waals surface area (Å²) in [6, 6.07) is 8.79. The van der Waals surface area contributed by atoms with E-state index >= 15 is 0 Å². The number of rotatable bonds is 27. The molecule has 228 valence electrons. The molecule has 0 saturated heterocycles. The molecule has 0 saturated carbocycles. The lowest BCUT2D eigenvalue weighted by Crippen LogP contribution is -3.00. The molecule has 0 aliphatic rings. The quantitative estimate of drug-likeness (QED) is 0.0654. The van der Waals surface area contributed by atoms with E-state index in [-0.39, 0.29) is 24.0 Å². The van der Waals surface area contributed by atoms with Crippen LogP contribution < -0.4 is 28.5 Å². The highest BCUT2D eigenvalue weighted by Crippen LogP contribution is 2.14. The Hall–Kier alpha value is -1.01. The van der Waals surface area contributed by atoms with Gasteiger partial charge in [0.1, 0.15) is 6.54 Å². The predicted molar refractivity (Wildman–Crippen MR) is 167 cm³/mol. The third-order valence-electron chi connectivity index (χ3n) is 8.15. The zero-order valence-corrected chi connectivity index (χ0v) is 27.9. The van der Waals surface area contributed by atoms with E-state index in [1.807, 2.05) is 18.5 Å². The Morgan fingerprint density at radius 2 is 0.975 bits per heavy atom. The summed E-state index contributed by atoms with van der Waals surface area (Å²) in [6.45, 7) is 1.53. The molecule has 2 heterocycles. The second-order valence-corrected chi connectivity index (χ2v) is 11.8. The Bertz CT molecular complexity index is 785. The summed E-state index contributed by atoms with van der Waals surface area (Å²) in [7, 11) is 0. The molecule has 0 amide bonds. The summed E-state index contributed by atoms with van der Waals surface area (Å²) in [5.74, 6) is 0. The average molecular weight is 665 g/mol. The maximum atomic E-state index is 8.82. The Morgan fingerprint density at radius 3 is 1.48 bits per heavy atom. The molecule has 0 aliphatic heterocycles. The smallest absolute Gasteiger partial charge is 0.171 e. The number of aryl methyl sites for hydroxylation is 3. The average Bonchev–Trinajstić information content (AvgIpc) is 2.97. The monoisotopic (exact) mass is 664 g/mol. The Morgan fingerprint density at radius 1 is 0.525 bits per heavy atom. The summed E-state index contributed by atoms with van der Waals surface area (Å²) in [4.78, 5) is 4.20. The van der Waals surface area contributed by atoms with Crippen LogP contribution in [0.1, 0.15) is 152 Å². The van der Waals surface area contributed by atoms with Crippen molar-refractivity contribution in [2.24, 2.45) is 0 Å². The van der Waals surface area contributed by atoms with E-state index in [9.17, 15) is 0 Å². The Kier molecular flexibility index (Phi) is 26.0. The van der Waals surface area contributed by atoms with Crippen molar-refractivity contribution >= 4 is 0 Å². The SMILES string of the molecule is OCCCCCCCCCCCCc1ccc[n+](CCCCCCCCCCCCCCc2cccnc2)c1.[I-]. The number of nitrogens with zero attached hydrogens (tertiary/aromatic N) is 2. The molecule has 2 aromatic heterocycles. The highest BCUT2D eigenvalue weighted by atomic mass is 127. The first kappa shape index (κ1) is 37.0. The minimum atomic E-state index is 0. The second kappa shape index (κ2) is 28.1. The molecular formula is C36H61IN2O. The minimum Gasteiger partial charge on any atom is -1.00 e. The van der Waals surface area contributed by atoms with E-state index in [1.165, 1.54) is 165 Å². The maximum absolute atomic E-state index is 8.82. The van der Waals surface area contributed by atoms with Crippen molar-refractivity contribution in [3.8, 4) is 0 Å². The zero-order chi connectivity index (χ0) is 27.5. The van der Waals surface area contributed by atoms with Crippen LogP contribution in [0.25, 0.3) is 0 Å². The van der Waals surface area contributed by atoms with Crippen LogP contribution in [0.5, 0.6) is 0 Å². The summed E-state index contributed by atoms with van der Waals surface area (Å²) < 4.78 is 2.42. The first-order valence-corrected chi connectivity index (χ1v) is 16.9. The van der Waals surface area contributed by atoms with Crippen molar-refractivity contribution in [3.63, 3.8) is 0 Å². The van der Waals surface area contributed by atoms with Gasteiger partial charge in [0, 0.05) is 37.1 Å². The molecule has 0 aromatic carbocycles. The Labute approximate surface area is 265 Å². The molecule has 0 spiro atoms. The number of aliphatic hydroxyl groups excluding tert-OH is 1. The fraction of sp³-hybridized carbons (Fsp3) is 0.722. The molecule has 1 N–H and O–H groups in total. The van der Waals surface area contributed by atoms with Gasteiger partial charge in [0.25, 0.3) is 0 Å². The van der Waals surface area contributed by atoms with Crippen molar-refractivity contribution < 1.29 is 33.7 Å². The van der Waals surface area contributed by atoms with Gasteiger partial charge in [-0.1, -0.05) is 115 Å². The van der Waals surface area contributed by atoms with Gasteiger partial charge in [0.05, 0.1) is 0 Å². The van der Waals surface area contributed by atoms with Crippen LogP contribution in [-0.4, -0.2) is 16.7 Å². The summed E-state index contributed by atoms with van der Waals surface area (Å²) in [6.07, 6.45) is 40.7. The fourth-order valence-corrected chi connectivity index (χ4v) is 5.66. The normalized spacial score (nSPS) is 11.0. The molecule has 40 heavy (non-hydrogen) atoms. The molecule has 2 rings (SSSR count). The third kappa shape index (κ3) is 21.7. The van der Waals surface area contributed by atoms with E-state index in [0.717, 1.165) is 6.42 Å². The standard InChI is InChI=1S/C36H61N2O.HI/c39-32-22-18-14-10-6-4-8-12-16-20-26-36-28-24-31-38(34-36)30-21-17-13-9-5-2-1-3-7-11-15-19-25-35-27-23-29-37-33-35;/h23-24,27-29,31,33-34,39H,1-22,25-26,30,32H2;1H/q+1;/p-1.